The van der Waals surface area contributed by atoms with Gasteiger partial charge in [0, 0.05) is 38.3 Å². The molecule has 0 spiro atoms. The normalized spacial score (nSPS) is 12.6. The second-order valence-corrected chi connectivity index (χ2v) is 18.2. The molecule has 0 amide bonds. The molecule has 0 saturated heterocycles. The summed E-state index contributed by atoms with van der Waals surface area (Å²) in [7, 11) is 1.88. The molecule has 1 aromatic carbocycles. The maximum absolute atomic E-state index is 14.4. The van der Waals surface area contributed by atoms with E-state index in [0.29, 0.717) is 22.3 Å². The van der Waals surface area contributed by atoms with Gasteiger partial charge >= 0.3 is 0 Å². The molecule has 9 heteroatoms. The predicted octanol–water partition coefficient (Wildman–Crippen LogP) is 12.7. The Bertz CT molecular complexity index is 2440. The average Bonchev–Trinajstić information content (AvgIpc) is 3.97. The number of rotatable bonds is 22. The molecule has 0 radical (unpaired) electrons. The molecule has 8 rings (SSSR count). The van der Waals surface area contributed by atoms with Crippen molar-refractivity contribution < 1.29 is 0 Å². The van der Waals surface area contributed by atoms with Gasteiger partial charge in [0.2, 0.25) is 0 Å². The molecule has 7 nitrogen and oxygen atoms in total. The molecule has 7 aromatic heterocycles. The lowest BCUT2D eigenvalue weighted by molar-refractivity contribution is 0.557. The first-order valence-electron chi connectivity index (χ1n) is 21.3. The molecule has 0 saturated carbocycles. The second-order valence-electron chi connectivity index (χ2n) is 16.0. The van der Waals surface area contributed by atoms with Crippen molar-refractivity contribution in [3.8, 4) is 0 Å². The summed E-state index contributed by atoms with van der Waals surface area (Å²) in [6, 6.07) is 8.54. The molecule has 7 heterocycles. The van der Waals surface area contributed by atoms with Crippen LogP contribution in [-0.4, -0.2) is 23.3 Å². The van der Waals surface area contributed by atoms with Crippen LogP contribution in [0.15, 0.2) is 33.9 Å². The summed E-state index contributed by atoms with van der Waals surface area (Å²) in [5, 5.41) is 3.49. The Balaban J connectivity index is 1.02. The summed E-state index contributed by atoms with van der Waals surface area (Å²) in [5.41, 5.74) is 4.05. The molecule has 0 aliphatic rings. The predicted molar refractivity (Wildman–Crippen MR) is 232 cm³/mol. The first kappa shape index (κ1) is 37.4. The van der Waals surface area contributed by atoms with E-state index in [0.717, 1.165) is 55.1 Å². The minimum Gasteiger partial charge on any atom is -0.335 e. The van der Waals surface area contributed by atoms with Crippen molar-refractivity contribution in [2.24, 2.45) is 7.05 Å². The molecular weight excluding hydrogens is 707 g/mol. The van der Waals surface area contributed by atoms with Gasteiger partial charge in [0.25, 0.3) is 11.1 Å². The van der Waals surface area contributed by atoms with Gasteiger partial charge in [-0.15, -0.1) is 22.7 Å². The Kier molecular flexibility index (Phi) is 11.5. The third-order valence-corrected chi connectivity index (χ3v) is 14.2. The van der Waals surface area contributed by atoms with Gasteiger partial charge < -0.3 is 4.57 Å². The van der Waals surface area contributed by atoms with Crippen molar-refractivity contribution in [1.82, 2.24) is 23.3 Å². The molecule has 0 atom stereocenters. The lowest BCUT2D eigenvalue weighted by atomic mass is 10.0. The van der Waals surface area contributed by atoms with Gasteiger partial charge in [-0.25, -0.2) is 9.97 Å². The molecule has 8 aromatic rings. The third kappa shape index (κ3) is 6.93. The van der Waals surface area contributed by atoms with Crippen LogP contribution >= 0.6 is 22.7 Å². The van der Waals surface area contributed by atoms with E-state index in [2.05, 4.69) is 38.1 Å². The summed E-state index contributed by atoms with van der Waals surface area (Å²) in [6.07, 6.45) is 28.5. The lowest BCUT2D eigenvalue weighted by Crippen LogP contribution is -2.17. The van der Waals surface area contributed by atoms with E-state index in [1.807, 2.05) is 11.6 Å². The van der Waals surface area contributed by atoms with Crippen LogP contribution in [0.5, 0.6) is 0 Å². The first-order chi connectivity index (χ1) is 26.5. The molecule has 54 heavy (non-hydrogen) atoms. The van der Waals surface area contributed by atoms with Crippen LogP contribution in [0.3, 0.4) is 0 Å². The Morgan fingerprint density at radius 1 is 0.519 bits per heavy atom. The highest BCUT2D eigenvalue weighted by Gasteiger charge is 2.27. The average molecular weight is 764 g/mol. The zero-order valence-corrected chi connectivity index (χ0v) is 34.4. The highest BCUT2D eigenvalue weighted by molar-refractivity contribution is 7.19. The number of hydrogen-bond acceptors (Lipinski definition) is 6. The van der Waals surface area contributed by atoms with Crippen LogP contribution in [0, 0.1) is 0 Å². The summed E-state index contributed by atoms with van der Waals surface area (Å²) >= 11 is 3.44. The molecule has 0 aliphatic carbocycles. The van der Waals surface area contributed by atoms with Gasteiger partial charge in [-0.2, -0.15) is 0 Å². The van der Waals surface area contributed by atoms with Crippen LogP contribution in [-0.2, 0) is 19.9 Å². The standard InChI is InChI=1S/C45H57N5O2S2/c1-4-6-8-10-12-14-16-18-20-22-24-30-28-34-42(53-30)46-40-32-26-27-33-37-36(32)38(44(51)49(34)40)48(3)39(37)45(52)50-35-29-31(54-43(35)47-41(33)50)25-23-21-19-17-15-13-11-9-7-5-2/h26-29H,4-25H2,1-3H3. The van der Waals surface area contributed by atoms with E-state index in [-0.39, 0.29) is 11.1 Å². The van der Waals surface area contributed by atoms with Crippen LogP contribution in [0.4, 0.5) is 0 Å². The monoisotopic (exact) mass is 763 g/mol. The Morgan fingerprint density at radius 3 is 1.24 bits per heavy atom. The van der Waals surface area contributed by atoms with Crippen molar-refractivity contribution in [1.29, 1.82) is 0 Å². The van der Waals surface area contributed by atoms with Crippen molar-refractivity contribution in [2.45, 2.75) is 155 Å². The number of thiophene rings is 2. The number of imidazole rings is 2. The largest absolute Gasteiger partial charge is 0.335 e. The summed E-state index contributed by atoms with van der Waals surface area (Å²) in [4.78, 5) is 43.4. The fraction of sp³-hybridized carbons (Fsp3) is 0.556. The Hall–Kier alpha value is -3.56. The van der Waals surface area contributed by atoms with E-state index < -0.39 is 0 Å². The number of pyridine rings is 2. The molecule has 0 bridgehead atoms. The van der Waals surface area contributed by atoms with E-state index in [1.54, 1.807) is 31.5 Å². The van der Waals surface area contributed by atoms with Crippen LogP contribution in [0.25, 0.3) is 64.6 Å². The number of benzene rings is 1. The topological polar surface area (TPSA) is 73.7 Å². The van der Waals surface area contributed by atoms with Crippen LogP contribution in [0.2, 0.25) is 0 Å². The Morgan fingerprint density at radius 2 is 0.870 bits per heavy atom. The van der Waals surface area contributed by atoms with Gasteiger partial charge in [0.05, 0.1) is 11.0 Å². The van der Waals surface area contributed by atoms with Gasteiger partial charge in [0.15, 0.2) is 0 Å². The minimum absolute atomic E-state index is 0.106. The van der Waals surface area contributed by atoms with Crippen LogP contribution in [0.1, 0.15) is 152 Å². The fourth-order valence-electron chi connectivity index (χ4n) is 9.06. The summed E-state index contributed by atoms with van der Waals surface area (Å²) < 4.78 is 5.44. The zero-order valence-electron chi connectivity index (χ0n) is 32.7. The third-order valence-electron chi connectivity index (χ3n) is 12.0. The maximum Gasteiger partial charge on any atom is 0.281 e. The first-order valence-corrected chi connectivity index (χ1v) is 22.9. The molecule has 0 aliphatic heterocycles. The smallest absolute Gasteiger partial charge is 0.281 e. The van der Waals surface area contributed by atoms with E-state index >= 15 is 0 Å². The molecule has 0 unspecified atom stereocenters. The second kappa shape index (κ2) is 16.7. The van der Waals surface area contributed by atoms with Crippen molar-refractivity contribution in [3.63, 3.8) is 0 Å². The molecular formula is C45H57N5O2S2. The summed E-state index contributed by atoms with van der Waals surface area (Å²) in [5.74, 6) is 0. The number of aryl methyl sites for hydroxylation is 3. The number of nitrogens with zero attached hydrogens (tertiary/aromatic N) is 5. The van der Waals surface area contributed by atoms with Gasteiger partial charge in [0.1, 0.15) is 32.0 Å². The fourth-order valence-corrected chi connectivity index (χ4v) is 11.2. The van der Waals surface area contributed by atoms with Gasteiger partial charge in [-0.05, 0) is 49.9 Å². The van der Waals surface area contributed by atoms with E-state index in [9.17, 15) is 9.59 Å². The van der Waals surface area contributed by atoms with Crippen LogP contribution < -0.4 is 11.1 Å². The number of aromatic nitrogens is 5. The number of unbranched alkanes of at least 4 members (excludes halogenated alkanes) is 18. The van der Waals surface area contributed by atoms with E-state index in [1.165, 1.54) is 138 Å². The van der Waals surface area contributed by atoms with Crippen molar-refractivity contribution in [2.75, 3.05) is 0 Å². The molecule has 286 valence electrons. The molecule has 0 fully saturated rings. The maximum atomic E-state index is 14.4. The number of fused-ring (bicyclic) bond motifs is 8. The minimum atomic E-state index is -0.106. The molecule has 0 N–H and O–H groups in total. The summed E-state index contributed by atoms with van der Waals surface area (Å²) in [6.45, 7) is 4.55. The van der Waals surface area contributed by atoms with Crippen molar-refractivity contribution in [3.05, 3.63) is 54.7 Å². The van der Waals surface area contributed by atoms with Gasteiger partial charge in [-0.3, -0.25) is 18.4 Å². The lowest BCUT2D eigenvalue weighted by Gasteiger charge is -2.05. The van der Waals surface area contributed by atoms with Gasteiger partial charge in [-0.1, -0.05) is 129 Å². The number of hydrogen-bond donors (Lipinski definition) is 0. The highest BCUT2D eigenvalue weighted by Crippen LogP contribution is 2.40. The SMILES string of the molecule is CCCCCCCCCCCCc1cc2c(nc3c4ccc5c6c4c(c(=O)n23)n(C)c6c(=O)n2c3cc(CCCCCCCCCCCC)sc3nc52)s1. The van der Waals surface area contributed by atoms with E-state index in [4.69, 9.17) is 9.97 Å². The Labute approximate surface area is 326 Å². The quantitative estimate of drug-likeness (QED) is 0.0509. The zero-order chi connectivity index (χ0) is 37.2. The highest BCUT2D eigenvalue weighted by atomic mass is 32.1. The van der Waals surface area contributed by atoms with Crippen molar-refractivity contribution >= 4 is 87.2 Å².